The highest BCUT2D eigenvalue weighted by molar-refractivity contribution is 6.12. The fraction of sp³-hybridized carbons (Fsp3) is 0.381. The number of hydrogen-bond donors (Lipinski definition) is 0. The first-order valence-corrected chi connectivity index (χ1v) is 8.35. The fourth-order valence-corrected chi connectivity index (χ4v) is 2.71. The molecule has 0 N–H and O–H groups in total. The molecule has 0 saturated carbocycles. The van der Waals surface area contributed by atoms with Crippen LogP contribution in [0, 0.1) is 6.92 Å². The van der Waals surface area contributed by atoms with Crippen LogP contribution in [0.15, 0.2) is 42.5 Å². The molecule has 126 valence electrons. The van der Waals surface area contributed by atoms with E-state index in [-0.39, 0.29) is 17.3 Å². The van der Waals surface area contributed by atoms with Crippen molar-refractivity contribution in [2.45, 2.75) is 39.2 Å². The SMILES string of the molecule is Cc1ccc(C(=O)c2c(OCC3CO3)cccc2C(C)(C)C)cc1. The van der Waals surface area contributed by atoms with Gasteiger partial charge in [0.2, 0.25) is 0 Å². The van der Waals surface area contributed by atoms with Crippen molar-refractivity contribution in [1.29, 1.82) is 0 Å². The number of ketones is 1. The molecule has 2 aromatic rings. The molecule has 2 aromatic carbocycles. The summed E-state index contributed by atoms with van der Waals surface area (Å²) in [5, 5.41) is 0. The second kappa shape index (κ2) is 6.40. The standard InChI is InChI=1S/C21H24O3/c1-14-8-10-15(11-9-14)20(22)19-17(21(2,3)4)6-5-7-18(19)24-13-16-12-23-16/h5-11,16H,12-13H2,1-4H3. The molecular formula is C21H24O3. The van der Waals surface area contributed by atoms with Crippen molar-refractivity contribution >= 4 is 5.78 Å². The largest absolute Gasteiger partial charge is 0.490 e. The van der Waals surface area contributed by atoms with E-state index in [0.29, 0.717) is 23.5 Å². The van der Waals surface area contributed by atoms with Crippen LogP contribution in [-0.2, 0) is 10.2 Å². The van der Waals surface area contributed by atoms with Gasteiger partial charge in [-0.15, -0.1) is 0 Å². The number of hydrogen-bond acceptors (Lipinski definition) is 3. The number of benzene rings is 2. The Morgan fingerprint density at radius 3 is 2.42 bits per heavy atom. The zero-order valence-corrected chi connectivity index (χ0v) is 14.8. The minimum atomic E-state index is -0.148. The van der Waals surface area contributed by atoms with E-state index in [4.69, 9.17) is 9.47 Å². The Morgan fingerprint density at radius 1 is 1.17 bits per heavy atom. The Balaban J connectivity index is 2.03. The van der Waals surface area contributed by atoms with Crippen LogP contribution in [0.4, 0.5) is 0 Å². The predicted molar refractivity (Wildman–Crippen MR) is 95.0 cm³/mol. The van der Waals surface area contributed by atoms with Crippen LogP contribution in [0.25, 0.3) is 0 Å². The van der Waals surface area contributed by atoms with E-state index in [1.807, 2.05) is 49.4 Å². The fourth-order valence-electron chi connectivity index (χ4n) is 2.71. The molecule has 1 saturated heterocycles. The van der Waals surface area contributed by atoms with Crippen LogP contribution >= 0.6 is 0 Å². The van der Waals surface area contributed by atoms with Gasteiger partial charge >= 0.3 is 0 Å². The normalized spacial score (nSPS) is 16.8. The third-order valence-electron chi connectivity index (χ3n) is 4.20. The van der Waals surface area contributed by atoms with Gasteiger partial charge < -0.3 is 9.47 Å². The first-order valence-electron chi connectivity index (χ1n) is 8.35. The third kappa shape index (κ3) is 3.68. The zero-order valence-electron chi connectivity index (χ0n) is 14.8. The lowest BCUT2D eigenvalue weighted by Gasteiger charge is -2.24. The van der Waals surface area contributed by atoms with Gasteiger partial charge in [0.05, 0.1) is 12.2 Å². The van der Waals surface area contributed by atoms with E-state index < -0.39 is 0 Å². The molecule has 1 aliphatic rings. The van der Waals surface area contributed by atoms with Gasteiger partial charge in [0.15, 0.2) is 5.78 Å². The molecular weight excluding hydrogens is 300 g/mol. The van der Waals surface area contributed by atoms with Crippen LogP contribution in [0.2, 0.25) is 0 Å². The number of rotatable bonds is 5. The van der Waals surface area contributed by atoms with Crippen LogP contribution in [0.3, 0.4) is 0 Å². The molecule has 0 aromatic heterocycles. The molecule has 1 unspecified atom stereocenters. The lowest BCUT2D eigenvalue weighted by atomic mass is 9.81. The molecule has 1 heterocycles. The maximum absolute atomic E-state index is 13.2. The summed E-state index contributed by atoms with van der Waals surface area (Å²) < 4.78 is 11.1. The Kier molecular flexibility index (Phi) is 4.46. The van der Waals surface area contributed by atoms with Crippen LogP contribution in [-0.4, -0.2) is 25.1 Å². The molecule has 0 spiro atoms. The summed E-state index contributed by atoms with van der Waals surface area (Å²) in [6, 6.07) is 13.5. The highest BCUT2D eigenvalue weighted by Crippen LogP contribution is 2.34. The summed E-state index contributed by atoms with van der Waals surface area (Å²) in [7, 11) is 0. The molecule has 0 radical (unpaired) electrons. The van der Waals surface area contributed by atoms with Gasteiger partial charge in [-0.25, -0.2) is 0 Å². The molecule has 1 fully saturated rings. The number of aryl methyl sites for hydroxylation is 1. The average molecular weight is 324 g/mol. The molecule has 0 amide bonds. The van der Waals surface area contributed by atoms with Crippen molar-refractivity contribution in [2.75, 3.05) is 13.2 Å². The van der Waals surface area contributed by atoms with Crippen molar-refractivity contribution in [1.82, 2.24) is 0 Å². The molecule has 3 rings (SSSR count). The molecule has 0 aliphatic carbocycles. The maximum Gasteiger partial charge on any atom is 0.197 e. The van der Waals surface area contributed by atoms with Crippen molar-refractivity contribution in [3.05, 3.63) is 64.7 Å². The van der Waals surface area contributed by atoms with E-state index in [0.717, 1.165) is 17.7 Å². The molecule has 0 bridgehead atoms. The van der Waals surface area contributed by atoms with Crippen LogP contribution in [0.5, 0.6) is 5.75 Å². The summed E-state index contributed by atoms with van der Waals surface area (Å²) in [5.41, 5.74) is 3.34. The van der Waals surface area contributed by atoms with Crippen LogP contribution in [0.1, 0.15) is 47.8 Å². The maximum atomic E-state index is 13.2. The zero-order chi connectivity index (χ0) is 17.3. The molecule has 1 aliphatic heterocycles. The van der Waals surface area contributed by atoms with E-state index in [2.05, 4.69) is 20.8 Å². The lowest BCUT2D eigenvalue weighted by Crippen LogP contribution is -2.19. The van der Waals surface area contributed by atoms with E-state index in [1.54, 1.807) is 0 Å². The lowest BCUT2D eigenvalue weighted by molar-refractivity contribution is 0.103. The first-order chi connectivity index (χ1) is 11.4. The second-order valence-electron chi connectivity index (χ2n) is 7.39. The third-order valence-corrected chi connectivity index (χ3v) is 4.20. The number of ether oxygens (including phenoxy) is 2. The van der Waals surface area contributed by atoms with Crippen molar-refractivity contribution in [2.24, 2.45) is 0 Å². The van der Waals surface area contributed by atoms with Crippen molar-refractivity contribution in [3.8, 4) is 5.75 Å². The van der Waals surface area contributed by atoms with Gasteiger partial charge in [0, 0.05) is 5.56 Å². The van der Waals surface area contributed by atoms with Crippen molar-refractivity contribution < 1.29 is 14.3 Å². The van der Waals surface area contributed by atoms with Gasteiger partial charge in [-0.3, -0.25) is 4.79 Å². The molecule has 24 heavy (non-hydrogen) atoms. The minimum absolute atomic E-state index is 0.00670. The van der Waals surface area contributed by atoms with E-state index in [1.165, 1.54) is 0 Å². The smallest absolute Gasteiger partial charge is 0.197 e. The quantitative estimate of drug-likeness (QED) is 0.608. The number of carbonyl (C=O) groups is 1. The molecule has 3 nitrogen and oxygen atoms in total. The molecule has 3 heteroatoms. The summed E-state index contributed by atoms with van der Waals surface area (Å²) in [6.45, 7) is 9.58. The number of carbonyl (C=O) groups excluding carboxylic acids is 1. The second-order valence-corrected chi connectivity index (χ2v) is 7.39. The topological polar surface area (TPSA) is 38.8 Å². The Bertz CT molecular complexity index is 735. The van der Waals surface area contributed by atoms with Gasteiger partial charge in [-0.05, 0) is 24.0 Å². The first kappa shape index (κ1) is 16.7. The Labute approximate surface area is 143 Å². The van der Waals surface area contributed by atoms with Gasteiger partial charge in [-0.1, -0.05) is 62.7 Å². The Morgan fingerprint density at radius 2 is 1.83 bits per heavy atom. The highest BCUT2D eigenvalue weighted by Gasteiger charge is 2.28. The summed E-state index contributed by atoms with van der Waals surface area (Å²) in [5.74, 6) is 0.649. The number of epoxide rings is 1. The minimum Gasteiger partial charge on any atom is -0.490 e. The summed E-state index contributed by atoms with van der Waals surface area (Å²) in [4.78, 5) is 13.2. The van der Waals surface area contributed by atoms with Gasteiger partial charge in [0.25, 0.3) is 0 Å². The van der Waals surface area contributed by atoms with Gasteiger partial charge in [0.1, 0.15) is 18.5 Å². The highest BCUT2D eigenvalue weighted by atomic mass is 16.6. The monoisotopic (exact) mass is 324 g/mol. The van der Waals surface area contributed by atoms with Crippen molar-refractivity contribution in [3.63, 3.8) is 0 Å². The average Bonchev–Trinajstić information content (AvgIpc) is 3.36. The van der Waals surface area contributed by atoms with Gasteiger partial charge in [-0.2, -0.15) is 0 Å². The Hall–Kier alpha value is -2.13. The van der Waals surface area contributed by atoms with Crippen LogP contribution < -0.4 is 4.74 Å². The summed E-state index contributed by atoms with van der Waals surface area (Å²) >= 11 is 0. The van der Waals surface area contributed by atoms with E-state index in [9.17, 15) is 4.79 Å². The molecule has 1 atom stereocenters. The predicted octanol–water partition coefficient (Wildman–Crippen LogP) is 4.30. The van der Waals surface area contributed by atoms with E-state index >= 15 is 0 Å². The summed E-state index contributed by atoms with van der Waals surface area (Å²) in [6.07, 6.45) is 0.158.